The first kappa shape index (κ1) is 18.4. The highest BCUT2D eigenvalue weighted by Gasteiger charge is 2.28. The van der Waals surface area contributed by atoms with Crippen LogP contribution < -0.4 is 11.1 Å². The predicted octanol–water partition coefficient (Wildman–Crippen LogP) is 3.15. The summed E-state index contributed by atoms with van der Waals surface area (Å²) in [5.74, 6) is 0.658. The summed E-state index contributed by atoms with van der Waals surface area (Å²) in [7, 11) is 0. The third-order valence-electron chi connectivity index (χ3n) is 4.05. The number of hydrogen-bond donors (Lipinski definition) is 2. The summed E-state index contributed by atoms with van der Waals surface area (Å²) in [5.41, 5.74) is 6.07. The molecule has 0 aliphatic heterocycles. The molecule has 4 nitrogen and oxygen atoms in total. The first-order valence-corrected chi connectivity index (χ1v) is 8.58. The maximum Gasteiger partial charge on any atom is 0.270 e. The Kier molecular flexibility index (Phi) is 8.22. The molecule has 0 radical (unpaired) electrons. The van der Waals surface area contributed by atoms with E-state index in [2.05, 4.69) is 17.2 Å². The number of halogens is 1. The number of amides is 1. The number of aromatic nitrogens is 1. The third-order valence-corrected chi connectivity index (χ3v) is 4.96. The van der Waals surface area contributed by atoms with Crippen LogP contribution in [-0.4, -0.2) is 23.5 Å². The van der Waals surface area contributed by atoms with Crippen LogP contribution in [0.4, 0.5) is 0 Å². The Balaban J connectivity index is 0.00000220. The minimum atomic E-state index is -0.0162. The first-order valence-electron chi connectivity index (χ1n) is 7.70. The SMILES string of the molecule is CCCCC(NC(=O)c1csc(CCN)n1)C1CCC1.Cl. The van der Waals surface area contributed by atoms with Crippen molar-refractivity contribution in [2.45, 2.75) is 57.9 Å². The van der Waals surface area contributed by atoms with Gasteiger partial charge in [-0.25, -0.2) is 4.98 Å². The van der Waals surface area contributed by atoms with Gasteiger partial charge in [-0.15, -0.1) is 23.7 Å². The van der Waals surface area contributed by atoms with Gasteiger partial charge in [0.1, 0.15) is 5.69 Å². The maximum absolute atomic E-state index is 12.3. The van der Waals surface area contributed by atoms with Crippen molar-refractivity contribution in [1.82, 2.24) is 10.3 Å². The zero-order chi connectivity index (χ0) is 14.4. The molecule has 1 atom stereocenters. The van der Waals surface area contributed by atoms with Crippen LogP contribution in [0.25, 0.3) is 0 Å². The van der Waals surface area contributed by atoms with Gasteiger partial charge in [0, 0.05) is 17.8 Å². The Labute approximate surface area is 137 Å². The highest BCUT2D eigenvalue weighted by molar-refractivity contribution is 7.09. The number of carbonyl (C=O) groups is 1. The molecule has 0 saturated heterocycles. The Hall–Kier alpha value is -0.650. The van der Waals surface area contributed by atoms with Crippen molar-refractivity contribution in [1.29, 1.82) is 0 Å². The van der Waals surface area contributed by atoms with Crippen molar-refractivity contribution in [2.24, 2.45) is 11.7 Å². The lowest BCUT2D eigenvalue weighted by atomic mass is 9.78. The fraction of sp³-hybridized carbons (Fsp3) is 0.733. The number of nitrogens with two attached hydrogens (primary N) is 1. The standard InChI is InChI=1S/C15H25N3OS.ClH/c1-2-3-7-12(11-5-4-6-11)18-15(19)13-10-20-14(17-13)8-9-16;/h10-12H,2-9,16H2,1H3,(H,18,19);1H. The summed E-state index contributed by atoms with van der Waals surface area (Å²) in [6.07, 6.45) is 8.01. The average Bonchev–Trinajstić information content (AvgIpc) is 2.83. The molecule has 1 unspecified atom stereocenters. The van der Waals surface area contributed by atoms with Crippen molar-refractivity contribution in [3.63, 3.8) is 0 Å². The summed E-state index contributed by atoms with van der Waals surface area (Å²) in [6.45, 7) is 2.77. The molecule has 0 aromatic carbocycles. The molecule has 1 saturated carbocycles. The number of nitrogens with zero attached hydrogens (tertiary/aromatic N) is 1. The molecule has 2 rings (SSSR count). The smallest absolute Gasteiger partial charge is 0.270 e. The van der Waals surface area contributed by atoms with E-state index in [0.717, 1.165) is 17.8 Å². The predicted molar refractivity (Wildman–Crippen MR) is 90.2 cm³/mol. The fourth-order valence-electron chi connectivity index (χ4n) is 2.59. The quantitative estimate of drug-likeness (QED) is 0.768. The van der Waals surface area contributed by atoms with Crippen molar-refractivity contribution in [2.75, 3.05) is 6.54 Å². The van der Waals surface area contributed by atoms with Gasteiger partial charge in [-0.1, -0.05) is 26.2 Å². The molecule has 1 aliphatic rings. The molecule has 3 N–H and O–H groups in total. The Morgan fingerprint density at radius 1 is 1.57 bits per heavy atom. The van der Waals surface area contributed by atoms with Crippen LogP contribution in [0.5, 0.6) is 0 Å². The molecule has 120 valence electrons. The molecule has 0 spiro atoms. The van der Waals surface area contributed by atoms with E-state index in [-0.39, 0.29) is 18.3 Å². The first-order chi connectivity index (χ1) is 9.74. The molecule has 6 heteroatoms. The number of carbonyl (C=O) groups excluding carboxylic acids is 1. The average molecular weight is 332 g/mol. The highest BCUT2D eigenvalue weighted by atomic mass is 35.5. The van der Waals surface area contributed by atoms with E-state index in [4.69, 9.17) is 5.73 Å². The zero-order valence-electron chi connectivity index (χ0n) is 12.6. The molecular formula is C15H26ClN3OS. The molecule has 1 fully saturated rings. The van der Waals surface area contributed by atoms with Gasteiger partial charge in [0.15, 0.2) is 0 Å². The summed E-state index contributed by atoms with van der Waals surface area (Å²) >= 11 is 1.52. The van der Waals surface area contributed by atoms with Gasteiger partial charge >= 0.3 is 0 Å². The van der Waals surface area contributed by atoms with Gasteiger partial charge < -0.3 is 11.1 Å². The van der Waals surface area contributed by atoms with Gasteiger partial charge in [-0.05, 0) is 31.7 Å². The van der Waals surface area contributed by atoms with E-state index in [0.29, 0.717) is 24.2 Å². The fourth-order valence-corrected chi connectivity index (χ4v) is 3.38. The largest absolute Gasteiger partial charge is 0.348 e. The molecule has 1 aliphatic carbocycles. The van der Waals surface area contributed by atoms with Crippen LogP contribution in [0, 0.1) is 5.92 Å². The monoisotopic (exact) mass is 331 g/mol. The van der Waals surface area contributed by atoms with Crippen LogP contribution in [0.1, 0.15) is 60.9 Å². The third kappa shape index (κ3) is 5.24. The maximum atomic E-state index is 12.3. The topological polar surface area (TPSA) is 68.0 Å². The Bertz CT molecular complexity index is 434. The second-order valence-electron chi connectivity index (χ2n) is 5.58. The lowest BCUT2D eigenvalue weighted by Crippen LogP contribution is -2.43. The zero-order valence-corrected chi connectivity index (χ0v) is 14.3. The molecule has 21 heavy (non-hydrogen) atoms. The molecular weight excluding hydrogens is 306 g/mol. The van der Waals surface area contributed by atoms with E-state index in [1.54, 1.807) is 0 Å². The summed E-state index contributed by atoms with van der Waals surface area (Å²) in [6, 6.07) is 0.329. The number of unbranched alkanes of at least 4 members (excludes halogenated alkanes) is 1. The van der Waals surface area contributed by atoms with Crippen LogP contribution >= 0.6 is 23.7 Å². The number of hydrogen-bond acceptors (Lipinski definition) is 4. The number of nitrogens with one attached hydrogen (secondary N) is 1. The van der Waals surface area contributed by atoms with Crippen LogP contribution in [0.3, 0.4) is 0 Å². The minimum absolute atomic E-state index is 0. The molecule has 1 heterocycles. The number of rotatable bonds is 8. The van der Waals surface area contributed by atoms with E-state index in [1.807, 2.05) is 5.38 Å². The van der Waals surface area contributed by atoms with Crippen molar-refractivity contribution < 1.29 is 4.79 Å². The van der Waals surface area contributed by atoms with E-state index in [1.165, 1.54) is 43.4 Å². The summed E-state index contributed by atoms with van der Waals surface area (Å²) in [5, 5.41) is 6.00. The lowest BCUT2D eigenvalue weighted by molar-refractivity contribution is 0.0890. The number of thiazole rings is 1. The molecule has 1 aromatic heterocycles. The molecule has 1 aromatic rings. The lowest BCUT2D eigenvalue weighted by Gasteiger charge is -2.34. The molecule has 0 bridgehead atoms. The van der Waals surface area contributed by atoms with E-state index < -0.39 is 0 Å². The van der Waals surface area contributed by atoms with E-state index in [9.17, 15) is 4.79 Å². The van der Waals surface area contributed by atoms with Gasteiger partial charge in [0.2, 0.25) is 0 Å². The highest BCUT2D eigenvalue weighted by Crippen LogP contribution is 2.31. The normalized spacial score (nSPS) is 15.9. The van der Waals surface area contributed by atoms with Crippen LogP contribution in [-0.2, 0) is 6.42 Å². The second-order valence-corrected chi connectivity index (χ2v) is 6.52. The Morgan fingerprint density at radius 3 is 2.90 bits per heavy atom. The summed E-state index contributed by atoms with van der Waals surface area (Å²) in [4.78, 5) is 16.6. The summed E-state index contributed by atoms with van der Waals surface area (Å²) < 4.78 is 0. The van der Waals surface area contributed by atoms with Crippen LogP contribution in [0.2, 0.25) is 0 Å². The van der Waals surface area contributed by atoms with Crippen molar-refractivity contribution in [3.8, 4) is 0 Å². The van der Waals surface area contributed by atoms with Crippen molar-refractivity contribution >= 4 is 29.7 Å². The Morgan fingerprint density at radius 2 is 2.33 bits per heavy atom. The van der Waals surface area contributed by atoms with Gasteiger partial charge in [-0.3, -0.25) is 4.79 Å². The van der Waals surface area contributed by atoms with Gasteiger partial charge in [0.05, 0.1) is 5.01 Å². The van der Waals surface area contributed by atoms with Gasteiger partial charge in [0.25, 0.3) is 5.91 Å². The second kappa shape index (κ2) is 9.38. The molecule has 1 amide bonds. The van der Waals surface area contributed by atoms with E-state index >= 15 is 0 Å². The van der Waals surface area contributed by atoms with Gasteiger partial charge in [-0.2, -0.15) is 0 Å². The van der Waals surface area contributed by atoms with Crippen molar-refractivity contribution in [3.05, 3.63) is 16.1 Å². The minimum Gasteiger partial charge on any atom is -0.348 e. The van der Waals surface area contributed by atoms with Crippen LogP contribution in [0.15, 0.2) is 5.38 Å².